The van der Waals surface area contributed by atoms with Crippen LogP contribution >= 0.6 is 15.9 Å². The SMILES string of the molecule is Cc1ccccc1C(C)NCc1ccc(Br)cc1F. The molecule has 0 radical (unpaired) electrons. The molecule has 0 aliphatic heterocycles. The molecule has 0 fully saturated rings. The summed E-state index contributed by atoms with van der Waals surface area (Å²) in [5.41, 5.74) is 3.18. The zero-order valence-electron chi connectivity index (χ0n) is 11.1. The Morgan fingerprint density at radius 1 is 1.21 bits per heavy atom. The van der Waals surface area contributed by atoms with Crippen LogP contribution in [0.15, 0.2) is 46.9 Å². The normalized spacial score (nSPS) is 12.4. The predicted octanol–water partition coefficient (Wildman–Crippen LogP) is 4.75. The van der Waals surface area contributed by atoms with E-state index in [0.717, 1.165) is 4.47 Å². The van der Waals surface area contributed by atoms with Crippen molar-refractivity contribution < 1.29 is 4.39 Å². The first kappa shape index (κ1) is 14.2. The Bertz CT molecular complexity index is 568. The topological polar surface area (TPSA) is 12.0 Å². The van der Waals surface area contributed by atoms with E-state index in [9.17, 15) is 4.39 Å². The fourth-order valence-corrected chi connectivity index (χ4v) is 2.44. The lowest BCUT2D eigenvalue weighted by Crippen LogP contribution is -2.19. The zero-order chi connectivity index (χ0) is 13.8. The van der Waals surface area contributed by atoms with Crippen molar-refractivity contribution in [1.82, 2.24) is 5.32 Å². The van der Waals surface area contributed by atoms with Crippen LogP contribution in [0.25, 0.3) is 0 Å². The summed E-state index contributed by atoms with van der Waals surface area (Å²) in [5.74, 6) is -0.182. The zero-order valence-corrected chi connectivity index (χ0v) is 12.7. The highest BCUT2D eigenvalue weighted by molar-refractivity contribution is 9.10. The van der Waals surface area contributed by atoms with Gasteiger partial charge in [-0.3, -0.25) is 0 Å². The minimum atomic E-state index is -0.182. The second-order valence-corrected chi connectivity index (χ2v) is 5.61. The van der Waals surface area contributed by atoms with E-state index in [1.807, 2.05) is 18.2 Å². The highest BCUT2D eigenvalue weighted by atomic mass is 79.9. The molecule has 2 aromatic carbocycles. The highest BCUT2D eigenvalue weighted by Gasteiger charge is 2.09. The fourth-order valence-electron chi connectivity index (χ4n) is 2.11. The summed E-state index contributed by atoms with van der Waals surface area (Å²) in [6.45, 7) is 4.71. The lowest BCUT2D eigenvalue weighted by molar-refractivity contribution is 0.542. The first-order valence-electron chi connectivity index (χ1n) is 6.31. The lowest BCUT2D eigenvalue weighted by atomic mass is 10.0. The Hall–Kier alpha value is -1.19. The Kier molecular flexibility index (Phi) is 4.72. The van der Waals surface area contributed by atoms with Gasteiger partial charge in [0.2, 0.25) is 0 Å². The van der Waals surface area contributed by atoms with E-state index < -0.39 is 0 Å². The third-order valence-electron chi connectivity index (χ3n) is 3.27. The highest BCUT2D eigenvalue weighted by Crippen LogP contribution is 2.19. The Balaban J connectivity index is 2.04. The maximum absolute atomic E-state index is 13.7. The van der Waals surface area contributed by atoms with Crippen LogP contribution in [0.5, 0.6) is 0 Å². The summed E-state index contributed by atoms with van der Waals surface area (Å²) in [7, 11) is 0. The minimum absolute atomic E-state index is 0.182. The number of nitrogens with one attached hydrogen (secondary N) is 1. The smallest absolute Gasteiger partial charge is 0.128 e. The van der Waals surface area contributed by atoms with E-state index in [1.165, 1.54) is 17.2 Å². The second kappa shape index (κ2) is 6.31. The molecule has 0 spiro atoms. The molecule has 0 saturated heterocycles. The van der Waals surface area contributed by atoms with Gasteiger partial charge in [-0.05, 0) is 37.1 Å². The van der Waals surface area contributed by atoms with Crippen molar-refractivity contribution in [1.29, 1.82) is 0 Å². The minimum Gasteiger partial charge on any atom is -0.306 e. The van der Waals surface area contributed by atoms with Crippen molar-refractivity contribution in [3.63, 3.8) is 0 Å². The van der Waals surface area contributed by atoms with Crippen molar-refractivity contribution in [3.05, 3.63) is 69.4 Å². The van der Waals surface area contributed by atoms with Crippen LogP contribution in [0.4, 0.5) is 4.39 Å². The maximum Gasteiger partial charge on any atom is 0.128 e. The van der Waals surface area contributed by atoms with E-state index in [4.69, 9.17) is 0 Å². The number of halogens is 2. The number of benzene rings is 2. The lowest BCUT2D eigenvalue weighted by Gasteiger charge is -2.17. The Morgan fingerprint density at radius 2 is 1.95 bits per heavy atom. The van der Waals surface area contributed by atoms with Crippen LogP contribution in [-0.4, -0.2) is 0 Å². The van der Waals surface area contributed by atoms with Crippen molar-refractivity contribution in [2.45, 2.75) is 26.4 Å². The predicted molar refractivity (Wildman–Crippen MR) is 80.5 cm³/mol. The summed E-state index contributed by atoms with van der Waals surface area (Å²) >= 11 is 3.26. The molecule has 0 bridgehead atoms. The number of hydrogen-bond acceptors (Lipinski definition) is 1. The molecule has 0 saturated carbocycles. The number of rotatable bonds is 4. The van der Waals surface area contributed by atoms with Gasteiger partial charge in [0.05, 0.1) is 0 Å². The third-order valence-corrected chi connectivity index (χ3v) is 3.76. The quantitative estimate of drug-likeness (QED) is 0.857. The van der Waals surface area contributed by atoms with Gasteiger partial charge in [-0.1, -0.05) is 46.3 Å². The Labute approximate surface area is 122 Å². The average molecular weight is 322 g/mol. The second-order valence-electron chi connectivity index (χ2n) is 4.69. The molecule has 0 aliphatic rings. The molecule has 1 atom stereocenters. The van der Waals surface area contributed by atoms with Gasteiger partial charge in [-0.2, -0.15) is 0 Å². The van der Waals surface area contributed by atoms with E-state index in [2.05, 4.69) is 47.2 Å². The van der Waals surface area contributed by atoms with Gasteiger partial charge in [-0.15, -0.1) is 0 Å². The first-order chi connectivity index (χ1) is 9.08. The van der Waals surface area contributed by atoms with Gasteiger partial charge in [0.1, 0.15) is 5.82 Å². The van der Waals surface area contributed by atoms with Gasteiger partial charge in [-0.25, -0.2) is 4.39 Å². The molecule has 19 heavy (non-hydrogen) atoms. The molecule has 2 aromatic rings. The van der Waals surface area contributed by atoms with Gasteiger partial charge < -0.3 is 5.32 Å². The summed E-state index contributed by atoms with van der Waals surface area (Å²) in [6, 6.07) is 13.6. The maximum atomic E-state index is 13.7. The van der Waals surface area contributed by atoms with E-state index in [0.29, 0.717) is 12.1 Å². The number of hydrogen-bond donors (Lipinski definition) is 1. The van der Waals surface area contributed by atoms with Gasteiger partial charge in [0, 0.05) is 22.6 Å². The van der Waals surface area contributed by atoms with Crippen LogP contribution in [-0.2, 0) is 6.54 Å². The van der Waals surface area contributed by atoms with Crippen LogP contribution in [0.2, 0.25) is 0 Å². The fraction of sp³-hybridized carbons (Fsp3) is 0.250. The monoisotopic (exact) mass is 321 g/mol. The number of aryl methyl sites for hydroxylation is 1. The van der Waals surface area contributed by atoms with Crippen molar-refractivity contribution in [2.75, 3.05) is 0 Å². The Morgan fingerprint density at radius 3 is 2.63 bits per heavy atom. The van der Waals surface area contributed by atoms with Crippen molar-refractivity contribution >= 4 is 15.9 Å². The average Bonchev–Trinajstić information content (AvgIpc) is 2.38. The first-order valence-corrected chi connectivity index (χ1v) is 7.10. The molecule has 0 heterocycles. The summed E-state index contributed by atoms with van der Waals surface area (Å²) in [4.78, 5) is 0. The van der Waals surface area contributed by atoms with Gasteiger partial charge in [0.25, 0.3) is 0 Å². The molecular formula is C16H17BrFN. The molecule has 0 aromatic heterocycles. The molecule has 3 heteroatoms. The molecule has 2 rings (SSSR count). The largest absolute Gasteiger partial charge is 0.306 e. The summed E-state index contributed by atoms with van der Waals surface area (Å²) < 4.78 is 14.5. The summed E-state index contributed by atoms with van der Waals surface area (Å²) in [6.07, 6.45) is 0. The molecule has 1 nitrogen and oxygen atoms in total. The summed E-state index contributed by atoms with van der Waals surface area (Å²) in [5, 5.41) is 3.36. The van der Waals surface area contributed by atoms with Gasteiger partial charge in [0.15, 0.2) is 0 Å². The van der Waals surface area contributed by atoms with Gasteiger partial charge >= 0.3 is 0 Å². The standard InChI is InChI=1S/C16H17BrFN/c1-11-5-3-4-6-15(11)12(2)19-10-13-7-8-14(17)9-16(13)18/h3-9,12,19H,10H2,1-2H3. The molecule has 0 amide bonds. The van der Waals surface area contributed by atoms with Crippen LogP contribution in [0, 0.1) is 12.7 Å². The van der Waals surface area contributed by atoms with E-state index in [-0.39, 0.29) is 11.9 Å². The molecule has 0 aliphatic carbocycles. The van der Waals surface area contributed by atoms with E-state index in [1.54, 1.807) is 6.07 Å². The van der Waals surface area contributed by atoms with Crippen molar-refractivity contribution in [3.8, 4) is 0 Å². The van der Waals surface area contributed by atoms with Crippen LogP contribution in [0.1, 0.15) is 29.7 Å². The third kappa shape index (κ3) is 3.64. The van der Waals surface area contributed by atoms with E-state index >= 15 is 0 Å². The molecule has 100 valence electrons. The van der Waals surface area contributed by atoms with Crippen molar-refractivity contribution in [2.24, 2.45) is 0 Å². The molecule has 1 unspecified atom stereocenters. The van der Waals surface area contributed by atoms with Crippen LogP contribution < -0.4 is 5.32 Å². The van der Waals surface area contributed by atoms with Crippen LogP contribution in [0.3, 0.4) is 0 Å². The molecular weight excluding hydrogens is 305 g/mol. The molecule has 1 N–H and O–H groups in total.